The zero-order valence-electron chi connectivity index (χ0n) is 18.7. The van der Waals surface area contributed by atoms with E-state index in [1.807, 2.05) is 40.7 Å². The molecule has 2 aromatic rings. The number of aromatic nitrogens is 2. The summed E-state index contributed by atoms with van der Waals surface area (Å²) in [6.07, 6.45) is 3.52. The monoisotopic (exact) mass is 434 g/mol. The Hall–Kier alpha value is -2.19. The number of hydrogen-bond acceptors (Lipinski definition) is 4. The smallest absolute Gasteiger partial charge is 0.256 e. The average Bonchev–Trinajstić information content (AvgIpc) is 3.08. The van der Waals surface area contributed by atoms with Gasteiger partial charge in [-0.1, -0.05) is 26.7 Å². The number of amides is 1. The Balaban J connectivity index is 2.19. The SMILES string of the molecule is CCCCN(CCCC)S(=O)(=O)c1ccc(C(=O)Nc2cc(C)nn2C(C)C)cc1. The van der Waals surface area contributed by atoms with Crippen LogP contribution in [0.25, 0.3) is 0 Å². The Morgan fingerprint density at radius 3 is 2.17 bits per heavy atom. The van der Waals surface area contributed by atoms with Crippen LogP contribution in [-0.2, 0) is 10.0 Å². The summed E-state index contributed by atoms with van der Waals surface area (Å²) in [5.74, 6) is 0.323. The number of sulfonamides is 1. The van der Waals surface area contributed by atoms with Gasteiger partial charge in [-0.25, -0.2) is 13.1 Å². The highest BCUT2D eigenvalue weighted by molar-refractivity contribution is 7.89. The zero-order chi connectivity index (χ0) is 22.3. The maximum absolute atomic E-state index is 13.1. The lowest BCUT2D eigenvalue weighted by atomic mass is 10.2. The van der Waals surface area contributed by atoms with Crippen molar-refractivity contribution >= 4 is 21.7 Å². The predicted octanol–water partition coefficient (Wildman–Crippen LogP) is 4.62. The highest BCUT2D eigenvalue weighted by Crippen LogP contribution is 2.20. The van der Waals surface area contributed by atoms with Crippen molar-refractivity contribution < 1.29 is 13.2 Å². The first-order valence-electron chi connectivity index (χ1n) is 10.7. The van der Waals surface area contributed by atoms with Crippen LogP contribution >= 0.6 is 0 Å². The number of nitrogens with zero attached hydrogens (tertiary/aromatic N) is 3. The normalized spacial score (nSPS) is 12.0. The summed E-state index contributed by atoms with van der Waals surface area (Å²) in [6, 6.07) is 8.07. The number of carbonyl (C=O) groups is 1. The minimum Gasteiger partial charge on any atom is -0.307 e. The molecule has 1 aromatic carbocycles. The standard InChI is InChI=1S/C22H34N4O3S/c1-6-8-14-25(15-9-7-2)30(28,29)20-12-10-19(11-13-20)22(27)23-21-16-18(5)24-26(21)17(3)4/h10-13,16-17H,6-9,14-15H2,1-5H3,(H,23,27). The van der Waals surface area contributed by atoms with Crippen molar-refractivity contribution in [1.82, 2.24) is 14.1 Å². The highest BCUT2D eigenvalue weighted by atomic mass is 32.2. The summed E-state index contributed by atoms with van der Waals surface area (Å²) >= 11 is 0. The molecule has 0 radical (unpaired) electrons. The molecule has 0 saturated heterocycles. The quantitative estimate of drug-likeness (QED) is 0.559. The summed E-state index contributed by atoms with van der Waals surface area (Å²) in [5.41, 5.74) is 1.22. The topological polar surface area (TPSA) is 84.3 Å². The van der Waals surface area contributed by atoms with Crippen LogP contribution < -0.4 is 5.32 Å². The lowest BCUT2D eigenvalue weighted by Gasteiger charge is -2.22. The maximum atomic E-state index is 13.1. The Labute approximate surface area is 180 Å². The van der Waals surface area contributed by atoms with E-state index < -0.39 is 10.0 Å². The molecule has 0 bridgehead atoms. The minimum absolute atomic E-state index is 0.110. The van der Waals surface area contributed by atoms with E-state index in [1.165, 1.54) is 12.1 Å². The van der Waals surface area contributed by atoms with Crippen LogP contribution in [0.3, 0.4) is 0 Å². The Morgan fingerprint density at radius 2 is 1.67 bits per heavy atom. The predicted molar refractivity (Wildman–Crippen MR) is 120 cm³/mol. The van der Waals surface area contributed by atoms with Crippen molar-refractivity contribution in [1.29, 1.82) is 0 Å². The molecule has 0 aliphatic heterocycles. The first-order valence-corrected chi connectivity index (χ1v) is 12.1. The number of carbonyl (C=O) groups excluding carboxylic acids is 1. The summed E-state index contributed by atoms with van der Waals surface area (Å²) in [4.78, 5) is 12.9. The molecule has 30 heavy (non-hydrogen) atoms. The maximum Gasteiger partial charge on any atom is 0.256 e. The molecule has 0 fully saturated rings. The van der Waals surface area contributed by atoms with E-state index in [0.717, 1.165) is 31.4 Å². The van der Waals surface area contributed by atoms with Crippen molar-refractivity contribution in [3.63, 3.8) is 0 Å². The molecule has 1 aromatic heterocycles. The van der Waals surface area contributed by atoms with Crippen LogP contribution in [-0.4, -0.2) is 41.5 Å². The van der Waals surface area contributed by atoms with Crippen molar-refractivity contribution in [2.45, 2.75) is 71.2 Å². The van der Waals surface area contributed by atoms with E-state index in [0.29, 0.717) is 24.5 Å². The molecule has 0 unspecified atom stereocenters. The highest BCUT2D eigenvalue weighted by Gasteiger charge is 2.24. The van der Waals surface area contributed by atoms with E-state index in [2.05, 4.69) is 10.4 Å². The van der Waals surface area contributed by atoms with E-state index in [-0.39, 0.29) is 16.8 Å². The molecular formula is C22H34N4O3S. The molecule has 0 atom stereocenters. The second-order valence-electron chi connectivity index (χ2n) is 7.80. The van der Waals surface area contributed by atoms with Crippen LogP contribution in [0.1, 0.15) is 75.5 Å². The van der Waals surface area contributed by atoms with Crippen molar-refractivity contribution in [3.8, 4) is 0 Å². The second-order valence-corrected chi connectivity index (χ2v) is 9.74. The third-order valence-corrected chi connectivity index (χ3v) is 6.78. The van der Waals surface area contributed by atoms with Crippen LogP contribution in [0.4, 0.5) is 5.82 Å². The molecule has 1 amide bonds. The number of unbranched alkanes of at least 4 members (excludes halogenated alkanes) is 2. The van der Waals surface area contributed by atoms with Crippen LogP contribution in [0.5, 0.6) is 0 Å². The van der Waals surface area contributed by atoms with Crippen molar-refractivity contribution in [2.75, 3.05) is 18.4 Å². The van der Waals surface area contributed by atoms with E-state index in [4.69, 9.17) is 0 Å². The number of aryl methyl sites for hydroxylation is 1. The third kappa shape index (κ3) is 5.92. The van der Waals surface area contributed by atoms with Gasteiger partial charge in [0.1, 0.15) is 5.82 Å². The van der Waals surface area contributed by atoms with Gasteiger partial charge in [0, 0.05) is 30.8 Å². The molecule has 2 rings (SSSR count). The molecule has 1 heterocycles. The molecule has 7 nitrogen and oxygen atoms in total. The van der Waals surface area contributed by atoms with Gasteiger partial charge in [0.15, 0.2) is 0 Å². The average molecular weight is 435 g/mol. The lowest BCUT2D eigenvalue weighted by Crippen LogP contribution is -2.33. The number of hydrogen-bond donors (Lipinski definition) is 1. The van der Waals surface area contributed by atoms with Crippen LogP contribution in [0, 0.1) is 6.92 Å². The van der Waals surface area contributed by atoms with E-state index >= 15 is 0 Å². The van der Waals surface area contributed by atoms with Gasteiger partial charge in [0.2, 0.25) is 10.0 Å². The summed E-state index contributed by atoms with van der Waals surface area (Å²) < 4.78 is 29.4. The molecule has 0 saturated carbocycles. The van der Waals surface area contributed by atoms with Crippen molar-refractivity contribution in [2.24, 2.45) is 0 Å². The molecule has 0 aliphatic carbocycles. The van der Waals surface area contributed by atoms with Crippen molar-refractivity contribution in [3.05, 3.63) is 41.6 Å². The second kappa shape index (κ2) is 10.7. The Bertz CT molecular complexity index is 926. The lowest BCUT2D eigenvalue weighted by molar-refractivity contribution is 0.102. The van der Waals surface area contributed by atoms with Gasteiger partial charge in [0.05, 0.1) is 10.6 Å². The third-order valence-electron chi connectivity index (χ3n) is 4.87. The molecule has 1 N–H and O–H groups in total. The Kier molecular flexibility index (Phi) is 8.61. The number of anilines is 1. The van der Waals surface area contributed by atoms with E-state index in [9.17, 15) is 13.2 Å². The fraction of sp³-hybridized carbons (Fsp3) is 0.545. The zero-order valence-corrected chi connectivity index (χ0v) is 19.5. The van der Waals surface area contributed by atoms with Gasteiger partial charge in [-0.3, -0.25) is 4.79 Å². The summed E-state index contributed by atoms with van der Waals surface area (Å²) in [6.45, 7) is 11.0. The first-order chi connectivity index (χ1) is 14.2. The largest absolute Gasteiger partial charge is 0.307 e. The fourth-order valence-corrected chi connectivity index (χ4v) is 4.66. The van der Waals surface area contributed by atoms with Gasteiger partial charge in [-0.05, 0) is 57.9 Å². The molecule has 0 spiro atoms. The van der Waals surface area contributed by atoms with Gasteiger partial charge < -0.3 is 5.32 Å². The number of nitrogens with one attached hydrogen (secondary N) is 1. The van der Waals surface area contributed by atoms with Crippen LogP contribution in [0.2, 0.25) is 0 Å². The van der Waals surface area contributed by atoms with Crippen LogP contribution in [0.15, 0.2) is 35.2 Å². The number of benzene rings is 1. The summed E-state index contributed by atoms with van der Waals surface area (Å²) in [5, 5.41) is 7.26. The molecule has 0 aliphatic rings. The molecule has 8 heteroatoms. The van der Waals surface area contributed by atoms with Gasteiger partial charge in [0.25, 0.3) is 5.91 Å². The van der Waals surface area contributed by atoms with E-state index in [1.54, 1.807) is 21.1 Å². The molecule has 166 valence electrons. The number of rotatable bonds is 11. The fourth-order valence-electron chi connectivity index (χ4n) is 3.14. The minimum atomic E-state index is -3.57. The Morgan fingerprint density at radius 1 is 1.10 bits per heavy atom. The summed E-state index contributed by atoms with van der Waals surface area (Å²) in [7, 11) is -3.57. The van der Waals surface area contributed by atoms with Gasteiger partial charge >= 0.3 is 0 Å². The first kappa shape index (κ1) is 24.1. The van der Waals surface area contributed by atoms with Gasteiger partial charge in [-0.15, -0.1) is 0 Å². The molecular weight excluding hydrogens is 400 g/mol. The van der Waals surface area contributed by atoms with Gasteiger partial charge in [-0.2, -0.15) is 9.40 Å².